The van der Waals surface area contributed by atoms with Gasteiger partial charge in [0.15, 0.2) is 0 Å². The maximum absolute atomic E-state index is 13.0. The minimum Gasteiger partial charge on any atom is -0.494 e. The predicted molar refractivity (Wildman–Crippen MR) is 115 cm³/mol. The van der Waals surface area contributed by atoms with Crippen molar-refractivity contribution in [1.82, 2.24) is 0 Å². The Labute approximate surface area is 172 Å². The number of halogens is 1. The van der Waals surface area contributed by atoms with Crippen molar-refractivity contribution in [2.45, 2.75) is 32.1 Å². The topological polar surface area (TPSA) is 18.5 Å². The highest BCUT2D eigenvalue weighted by Crippen LogP contribution is 2.26. The van der Waals surface area contributed by atoms with Crippen LogP contribution in [0.4, 0.5) is 4.39 Å². The van der Waals surface area contributed by atoms with Gasteiger partial charge in [-0.15, -0.1) is 6.42 Å². The fourth-order valence-electron chi connectivity index (χ4n) is 3.22. The summed E-state index contributed by atoms with van der Waals surface area (Å²) in [4.78, 5) is 0. The molecular weight excluding hydrogens is 363 g/mol. The van der Waals surface area contributed by atoms with E-state index in [0.29, 0.717) is 12.4 Å². The third kappa shape index (κ3) is 6.12. The predicted octanol–water partition coefficient (Wildman–Crippen LogP) is 6.76. The van der Waals surface area contributed by atoms with E-state index in [4.69, 9.17) is 15.9 Å². The van der Waals surface area contributed by atoms with Gasteiger partial charge in [-0.3, -0.25) is 0 Å². The lowest BCUT2D eigenvalue weighted by atomic mass is 9.93. The van der Waals surface area contributed by atoms with Gasteiger partial charge in [0.1, 0.15) is 23.1 Å². The first-order valence-corrected chi connectivity index (χ1v) is 9.89. The molecule has 2 nitrogen and oxygen atoms in total. The van der Waals surface area contributed by atoms with E-state index in [2.05, 4.69) is 12.0 Å². The SMILES string of the molecule is C#CC(CCCc1cccc(Oc2ccc(F)cc2)c1)c1ccc(OCC)cc1. The van der Waals surface area contributed by atoms with Crippen molar-refractivity contribution in [3.8, 4) is 29.6 Å². The Kier molecular flexibility index (Phi) is 7.30. The van der Waals surface area contributed by atoms with Gasteiger partial charge in [-0.25, -0.2) is 4.39 Å². The number of benzene rings is 3. The lowest BCUT2D eigenvalue weighted by Gasteiger charge is -2.12. The lowest BCUT2D eigenvalue weighted by molar-refractivity contribution is 0.340. The zero-order valence-electron chi connectivity index (χ0n) is 16.6. The first kappa shape index (κ1) is 20.5. The largest absolute Gasteiger partial charge is 0.494 e. The molecule has 29 heavy (non-hydrogen) atoms. The van der Waals surface area contributed by atoms with Gasteiger partial charge in [0, 0.05) is 5.92 Å². The zero-order valence-corrected chi connectivity index (χ0v) is 16.6. The van der Waals surface area contributed by atoms with Crippen LogP contribution in [-0.2, 0) is 6.42 Å². The number of ether oxygens (including phenoxy) is 2. The van der Waals surface area contributed by atoms with Crippen LogP contribution in [0.2, 0.25) is 0 Å². The molecule has 0 bridgehead atoms. The summed E-state index contributed by atoms with van der Waals surface area (Å²) in [5.41, 5.74) is 2.33. The van der Waals surface area contributed by atoms with E-state index < -0.39 is 0 Å². The van der Waals surface area contributed by atoms with Crippen LogP contribution in [-0.4, -0.2) is 6.61 Å². The van der Waals surface area contributed by atoms with E-state index in [1.807, 2.05) is 49.4 Å². The minimum absolute atomic E-state index is 0.0873. The van der Waals surface area contributed by atoms with Crippen LogP contribution in [0.3, 0.4) is 0 Å². The number of hydrogen-bond donors (Lipinski definition) is 0. The van der Waals surface area contributed by atoms with Crippen LogP contribution in [0.25, 0.3) is 0 Å². The van der Waals surface area contributed by atoms with Crippen molar-refractivity contribution < 1.29 is 13.9 Å². The number of rotatable bonds is 9. The second-order valence-corrected chi connectivity index (χ2v) is 6.82. The van der Waals surface area contributed by atoms with E-state index in [9.17, 15) is 4.39 Å². The molecule has 0 N–H and O–H groups in total. The van der Waals surface area contributed by atoms with Crippen LogP contribution < -0.4 is 9.47 Å². The normalized spacial score (nSPS) is 11.5. The Bertz CT molecular complexity index is 940. The van der Waals surface area contributed by atoms with E-state index in [0.717, 1.165) is 36.3 Å². The first-order chi connectivity index (χ1) is 14.2. The summed E-state index contributed by atoms with van der Waals surface area (Å²) in [7, 11) is 0. The zero-order chi connectivity index (χ0) is 20.5. The molecule has 148 valence electrons. The van der Waals surface area contributed by atoms with E-state index >= 15 is 0 Å². The average molecular weight is 388 g/mol. The van der Waals surface area contributed by atoms with Crippen LogP contribution in [0, 0.1) is 18.2 Å². The van der Waals surface area contributed by atoms with Gasteiger partial charge in [-0.1, -0.05) is 30.2 Å². The molecule has 0 radical (unpaired) electrons. The Morgan fingerprint density at radius 2 is 1.66 bits per heavy atom. The molecule has 3 aromatic carbocycles. The van der Waals surface area contributed by atoms with E-state index in [1.165, 1.54) is 17.7 Å². The molecule has 0 saturated carbocycles. The Balaban J connectivity index is 1.55. The summed E-state index contributed by atoms with van der Waals surface area (Å²) < 4.78 is 24.3. The van der Waals surface area contributed by atoms with E-state index in [-0.39, 0.29) is 11.7 Å². The molecule has 1 atom stereocenters. The number of terminal acetylenes is 1. The molecule has 0 saturated heterocycles. The van der Waals surface area contributed by atoms with Gasteiger partial charge in [-0.2, -0.15) is 0 Å². The quantitative estimate of drug-likeness (QED) is 0.377. The molecule has 3 heteroatoms. The highest BCUT2D eigenvalue weighted by molar-refractivity contribution is 5.35. The first-order valence-electron chi connectivity index (χ1n) is 9.89. The molecule has 0 fully saturated rings. The minimum atomic E-state index is -0.276. The lowest BCUT2D eigenvalue weighted by Crippen LogP contribution is -1.98. The maximum atomic E-state index is 13.0. The summed E-state index contributed by atoms with van der Waals surface area (Å²) in [6, 6.07) is 22.0. The van der Waals surface area contributed by atoms with Crippen LogP contribution in [0.5, 0.6) is 17.2 Å². The molecule has 0 aliphatic rings. The Morgan fingerprint density at radius 1 is 0.931 bits per heavy atom. The molecule has 0 amide bonds. The molecule has 0 aliphatic carbocycles. The van der Waals surface area contributed by atoms with Gasteiger partial charge >= 0.3 is 0 Å². The van der Waals surface area contributed by atoms with Crippen molar-refractivity contribution >= 4 is 0 Å². The van der Waals surface area contributed by atoms with Crippen molar-refractivity contribution in [3.05, 3.63) is 89.7 Å². The highest BCUT2D eigenvalue weighted by atomic mass is 19.1. The maximum Gasteiger partial charge on any atom is 0.127 e. The summed E-state index contributed by atoms with van der Waals surface area (Å²) in [6.07, 6.45) is 8.57. The molecular formula is C26H25FO2. The van der Waals surface area contributed by atoms with Gasteiger partial charge in [-0.05, 0) is 85.8 Å². The summed E-state index contributed by atoms with van der Waals surface area (Å²) in [6.45, 7) is 2.62. The molecule has 1 unspecified atom stereocenters. The third-order valence-electron chi connectivity index (χ3n) is 4.70. The van der Waals surface area contributed by atoms with E-state index in [1.54, 1.807) is 12.1 Å². The van der Waals surface area contributed by atoms with Crippen LogP contribution in [0.15, 0.2) is 72.8 Å². The second-order valence-electron chi connectivity index (χ2n) is 6.82. The van der Waals surface area contributed by atoms with Gasteiger partial charge in [0.05, 0.1) is 6.61 Å². The van der Waals surface area contributed by atoms with Crippen LogP contribution in [0.1, 0.15) is 36.8 Å². The summed E-state index contributed by atoms with van der Waals surface area (Å²) in [5.74, 6) is 4.95. The molecule has 0 heterocycles. The fourth-order valence-corrected chi connectivity index (χ4v) is 3.22. The van der Waals surface area contributed by atoms with Crippen molar-refractivity contribution in [2.24, 2.45) is 0 Å². The Morgan fingerprint density at radius 3 is 2.34 bits per heavy atom. The standard InChI is InChI=1S/C26H25FO2/c1-3-21(22-11-15-24(16-12-22)28-4-2)9-5-7-20-8-6-10-26(19-20)29-25-17-13-23(27)14-18-25/h1,6,8,10-19,21H,4-5,7,9H2,2H3. The number of aryl methyl sites for hydroxylation is 1. The van der Waals surface area contributed by atoms with Crippen molar-refractivity contribution in [3.63, 3.8) is 0 Å². The third-order valence-corrected chi connectivity index (χ3v) is 4.70. The molecule has 0 aliphatic heterocycles. The molecule has 0 spiro atoms. The monoisotopic (exact) mass is 388 g/mol. The van der Waals surface area contributed by atoms with Crippen molar-refractivity contribution in [2.75, 3.05) is 6.61 Å². The van der Waals surface area contributed by atoms with Crippen molar-refractivity contribution in [1.29, 1.82) is 0 Å². The number of hydrogen-bond acceptors (Lipinski definition) is 2. The average Bonchev–Trinajstić information content (AvgIpc) is 2.74. The fraction of sp³-hybridized carbons (Fsp3) is 0.231. The van der Waals surface area contributed by atoms with Gasteiger partial charge in [0.2, 0.25) is 0 Å². The Hall–Kier alpha value is -3.25. The summed E-state index contributed by atoms with van der Waals surface area (Å²) in [5, 5.41) is 0. The van der Waals surface area contributed by atoms with Gasteiger partial charge < -0.3 is 9.47 Å². The molecule has 0 aromatic heterocycles. The summed E-state index contributed by atoms with van der Waals surface area (Å²) >= 11 is 0. The second kappa shape index (κ2) is 10.3. The molecule has 3 aromatic rings. The highest BCUT2D eigenvalue weighted by Gasteiger charge is 2.09. The molecule has 3 rings (SSSR count). The van der Waals surface area contributed by atoms with Crippen LogP contribution >= 0.6 is 0 Å². The van der Waals surface area contributed by atoms with Gasteiger partial charge in [0.25, 0.3) is 0 Å². The smallest absolute Gasteiger partial charge is 0.127 e.